The van der Waals surface area contributed by atoms with Crippen LogP contribution in [0.4, 0.5) is 10.1 Å². The van der Waals surface area contributed by atoms with Crippen molar-refractivity contribution >= 4 is 27.5 Å². The molecule has 1 N–H and O–H groups in total. The van der Waals surface area contributed by atoms with Crippen LogP contribution in [0.3, 0.4) is 0 Å². The number of nitro groups is 1. The molecule has 0 aliphatic carbocycles. The lowest BCUT2D eigenvalue weighted by Gasteiger charge is -2.06. The second kappa shape index (κ2) is 7.18. The molecule has 1 aromatic rings. The molecule has 0 saturated carbocycles. The van der Waals surface area contributed by atoms with Crippen LogP contribution in [0.25, 0.3) is 0 Å². The summed E-state index contributed by atoms with van der Waals surface area (Å²) in [6.45, 7) is 2.41. The van der Waals surface area contributed by atoms with Gasteiger partial charge in [0.15, 0.2) is 0 Å². The first-order valence-electron chi connectivity index (χ1n) is 5.78. The van der Waals surface area contributed by atoms with Gasteiger partial charge in [0.25, 0.3) is 11.6 Å². The van der Waals surface area contributed by atoms with Crippen LogP contribution in [0, 0.1) is 15.9 Å². The number of hydrogen-bond acceptors (Lipinski definition) is 3. The van der Waals surface area contributed by atoms with E-state index < -0.39 is 22.3 Å². The summed E-state index contributed by atoms with van der Waals surface area (Å²) in [5, 5.41) is 13.3. The van der Waals surface area contributed by atoms with E-state index in [0.717, 1.165) is 31.0 Å². The van der Waals surface area contributed by atoms with Crippen molar-refractivity contribution in [3.63, 3.8) is 0 Å². The fourth-order valence-corrected chi connectivity index (χ4v) is 1.85. The molecule has 7 heteroatoms. The SMILES string of the molecule is CC(Br)CCCNC(=O)c1ccc(F)cc1[N+](=O)[O-]. The minimum Gasteiger partial charge on any atom is -0.352 e. The largest absolute Gasteiger partial charge is 0.352 e. The monoisotopic (exact) mass is 332 g/mol. The van der Waals surface area contributed by atoms with Gasteiger partial charge in [0.1, 0.15) is 11.4 Å². The summed E-state index contributed by atoms with van der Waals surface area (Å²) in [5.41, 5.74) is -0.648. The number of nitro benzene ring substituents is 1. The van der Waals surface area contributed by atoms with Crippen molar-refractivity contribution < 1.29 is 14.1 Å². The molecule has 1 rings (SSSR count). The van der Waals surface area contributed by atoms with Gasteiger partial charge in [-0.25, -0.2) is 4.39 Å². The lowest BCUT2D eigenvalue weighted by Crippen LogP contribution is -2.25. The van der Waals surface area contributed by atoms with Gasteiger partial charge in [0, 0.05) is 11.4 Å². The van der Waals surface area contributed by atoms with Crippen molar-refractivity contribution in [2.24, 2.45) is 0 Å². The summed E-state index contributed by atoms with van der Waals surface area (Å²) >= 11 is 3.38. The minimum absolute atomic E-state index is 0.127. The van der Waals surface area contributed by atoms with E-state index >= 15 is 0 Å². The normalized spacial score (nSPS) is 11.9. The lowest BCUT2D eigenvalue weighted by atomic mass is 10.1. The Kier molecular flexibility index (Phi) is 5.88. The highest BCUT2D eigenvalue weighted by atomic mass is 79.9. The van der Waals surface area contributed by atoms with Gasteiger partial charge in [-0.2, -0.15) is 0 Å². The first-order valence-corrected chi connectivity index (χ1v) is 6.69. The van der Waals surface area contributed by atoms with E-state index in [-0.39, 0.29) is 5.56 Å². The molecule has 0 bridgehead atoms. The third kappa shape index (κ3) is 4.94. The van der Waals surface area contributed by atoms with Crippen LogP contribution in [-0.2, 0) is 0 Å². The van der Waals surface area contributed by atoms with E-state index in [1.807, 2.05) is 6.92 Å². The van der Waals surface area contributed by atoms with Gasteiger partial charge in [0.05, 0.1) is 11.0 Å². The van der Waals surface area contributed by atoms with E-state index in [1.54, 1.807) is 0 Å². The molecule has 0 radical (unpaired) electrons. The molecule has 0 heterocycles. The van der Waals surface area contributed by atoms with Crippen molar-refractivity contribution in [1.82, 2.24) is 5.32 Å². The molecule has 0 aliphatic rings. The molecule has 0 saturated heterocycles. The molecule has 19 heavy (non-hydrogen) atoms. The molecular weight excluding hydrogens is 319 g/mol. The zero-order chi connectivity index (χ0) is 14.4. The van der Waals surface area contributed by atoms with E-state index in [0.29, 0.717) is 11.4 Å². The van der Waals surface area contributed by atoms with Crippen molar-refractivity contribution in [2.45, 2.75) is 24.6 Å². The Bertz CT molecular complexity index is 480. The summed E-state index contributed by atoms with van der Waals surface area (Å²) in [5.74, 6) is -1.30. The number of hydrogen-bond donors (Lipinski definition) is 1. The van der Waals surface area contributed by atoms with Crippen molar-refractivity contribution in [3.8, 4) is 0 Å². The van der Waals surface area contributed by atoms with Crippen LogP contribution < -0.4 is 5.32 Å². The van der Waals surface area contributed by atoms with E-state index in [1.165, 1.54) is 0 Å². The number of alkyl halides is 1. The maximum atomic E-state index is 12.9. The Balaban J connectivity index is 2.69. The lowest BCUT2D eigenvalue weighted by molar-refractivity contribution is -0.385. The molecule has 0 aliphatic heterocycles. The summed E-state index contributed by atoms with van der Waals surface area (Å²) in [6.07, 6.45) is 1.64. The van der Waals surface area contributed by atoms with Crippen LogP contribution in [-0.4, -0.2) is 22.2 Å². The predicted molar refractivity (Wildman–Crippen MR) is 73.0 cm³/mol. The molecule has 1 atom stereocenters. The molecule has 0 spiro atoms. The van der Waals surface area contributed by atoms with Crippen LogP contribution >= 0.6 is 15.9 Å². The van der Waals surface area contributed by atoms with Crippen molar-refractivity contribution in [3.05, 3.63) is 39.7 Å². The Hall–Kier alpha value is -1.50. The van der Waals surface area contributed by atoms with Gasteiger partial charge in [-0.05, 0) is 25.0 Å². The smallest absolute Gasteiger partial charge is 0.285 e. The molecule has 5 nitrogen and oxygen atoms in total. The second-order valence-electron chi connectivity index (χ2n) is 4.10. The highest BCUT2D eigenvalue weighted by Gasteiger charge is 2.20. The van der Waals surface area contributed by atoms with Gasteiger partial charge in [-0.1, -0.05) is 22.9 Å². The molecule has 0 fully saturated rings. The Morgan fingerprint density at radius 2 is 2.26 bits per heavy atom. The van der Waals surface area contributed by atoms with Gasteiger partial charge in [0.2, 0.25) is 0 Å². The van der Waals surface area contributed by atoms with Crippen molar-refractivity contribution in [2.75, 3.05) is 6.54 Å². The standard InChI is InChI=1S/C12H14BrFN2O3/c1-8(13)3-2-6-15-12(17)10-5-4-9(14)7-11(10)16(18)19/h4-5,7-8H,2-3,6H2,1H3,(H,15,17). The Morgan fingerprint density at radius 1 is 1.58 bits per heavy atom. The maximum Gasteiger partial charge on any atom is 0.285 e. The number of benzene rings is 1. The number of nitrogens with one attached hydrogen (secondary N) is 1. The highest BCUT2D eigenvalue weighted by Crippen LogP contribution is 2.19. The van der Waals surface area contributed by atoms with Gasteiger partial charge in [-0.3, -0.25) is 14.9 Å². The number of nitrogens with zero attached hydrogens (tertiary/aromatic N) is 1. The van der Waals surface area contributed by atoms with Crippen LogP contribution in [0.15, 0.2) is 18.2 Å². The summed E-state index contributed by atoms with van der Waals surface area (Å²) < 4.78 is 12.9. The number of carbonyl (C=O) groups is 1. The highest BCUT2D eigenvalue weighted by molar-refractivity contribution is 9.09. The van der Waals surface area contributed by atoms with Crippen LogP contribution in [0.2, 0.25) is 0 Å². The zero-order valence-corrected chi connectivity index (χ0v) is 11.9. The predicted octanol–water partition coefficient (Wildman–Crippen LogP) is 3.03. The fraction of sp³-hybridized carbons (Fsp3) is 0.417. The van der Waals surface area contributed by atoms with Crippen molar-refractivity contribution in [1.29, 1.82) is 0 Å². The number of amides is 1. The molecule has 1 unspecified atom stereocenters. The summed E-state index contributed by atoms with van der Waals surface area (Å²) in [4.78, 5) is 22.1. The third-order valence-corrected chi connectivity index (χ3v) is 2.92. The average molecular weight is 333 g/mol. The third-order valence-electron chi connectivity index (χ3n) is 2.47. The average Bonchev–Trinajstić information content (AvgIpc) is 2.33. The molecular formula is C12H14BrFN2O3. The Morgan fingerprint density at radius 3 is 2.84 bits per heavy atom. The number of rotatable bonds is 6. The second-order valence-corrected chi connectivity index (χ2v) is 5.66. The topological polar surface area (TPSA) is 72.2 Å². The van der Waals surface area contributed by atoms with Crippen LogP contribution in [0.1, 0.15) is 30.1 Å². The molecule has 0 aromatic heterocycles. The summed E-state index contributed by atoms with van der Waals surface area (Å²) in [6, 6.07) is 2.90. The quantitative estimate of drug-likeness (QED) is 0.376. The zero-order valence-electron chi connectivity index (χ0n) is 10.4. The van der Waals surface area contributed by atoms with Gasteiger partial charge >= 0.3 is 0 Å². The molecule has 104 valence electrons. The Labute approximate surface area is 118 Å². The minimum atomic E-state index is -0.765. The van der Waals surface area contributed by atoms with E-state index in [4.69, 9.17) is 0 Å². The van der Waals surface area contributed by atoms with Crippen LogP contribution in [0.5, 0.6) is 0 Å². The van der Waals surface area contributed by atoms with E-state index in [9.17, 15) is 19.3 Å². The number of halogens is 2. The number of carbonyl (C=O) groups excluding carboxylic acids is 1. The van der Waals surface area contributed by atoms with Gasteiger partial charge in [-0.15, -0.1) is 0 Å². The fourth-order valence-electron chi connectivity index (χ4n) is 1.53. The first kappa shape index (κ1) is 15.6. The maximum absolute atomic E-state index is 12.9. The molecule has 1 amide bonds. The summed E-state index contributed by atoms with van der Waals surface area (Å²) in [7, 11) is 0. The van der Waals surface area contributed by atoms with Gasteiger partial charge < -0.3 is 5.32 Å². The molecule has 1 aromatic carbocycles. The van der Waals surface area contributed by atoms with E-state index in [2.05, 4.69) is 21.2 Å². The first-order chi connectivity index (χ1) is 8.91.